The first-order valence-electron chi connectivity index (χ1n) is 4.63. The van der Waals surface area contributed by atoms with Gasteiger partial charge in [0.15, 0.2) is 10.8 Å². The molecule has 2 aromatic rings. The number of carbonyl (C=O) groups is 1. The SMILES string of the molecule is O=C(Cn1cc(Cl)c([N+](=O)[O-])n1)c1ccc(Br)s1. The van der Waals surface area contributed by atoms with Gasteiger partial charge in [-0.1, -0.05) is 11.6 Å². The van der Waals surface area contributed by atoms with E-state index in [-0.39, 0.29) is 17.4 Å². The number of nitro groups is 1. The molecule has 2 aromatic heterocycles. The molecule has 0 amide bonds. The molecule has 0 bridgehead atoms. The van der Waals surface area contributed by atoms with Crippen molar-refractivity contribution in [2.24, 2.45) is 0 Å². The fraction of sp³-hybridized carbons (Fsp3) is 0.111. The normalized spacial score (nSPS) is 10.6. The largest absolute Gasteiger partial charge is 0.408 e. The second-order valence-corrected chi connectivity index (χ2v) is 6.15. The lowest BCUT2D eigenvalue weighted by Gasteiger charge is -1.93. The van der Waals surface area contributed by atoms with Gasteiger partial charge in [0.2, 0.25) is 0 Å². The molecule has 0 aliphatic rings. The summed E-state index contributed by atoms with van der Waals surface area (Å²) in [6.07, 6.45) is 1.26. The molecule has 94 valence electrons. The highest BCUT2D eigenvalue weighted by Crippen LogP contribution is 2.24. The second kappa shape index (κ2) is 5.17. The Morgan fingerprint density at radius 3 is 2.83 bits per heavy atom. The molecule has 0 atom stereocenters. The minimum Gasteiger partial charge on any atom is -0.358 e. The standard InChI is InChI=1S/C9H5BrClN3O3S/c10-8-2-1-7(18-8)6(15)4-13-3-5(11)9(12-13)14(16)17/h1-3H,4H2. The molecule has 0 unspecified atom stereocenters. The lowest BCUT2D eigenvalue weighted by molar-refractivity contribution is -0.389. The lowest BCUT2D eigenvalue weighted by Crippen LogP contribution is -2.09. The molecule has 0 aliphatic heterocycles. The molecule has 0 N–H and O–H groups in total. The van der Waals surface area contributed by atoms with Crippen LogP contribution >= 0.6 is 38.9 Å². The Balaban J connectivity index is 2.17. The van der Waals surface area contributed by atoms with Crippen LogP contribution in [0, 0.1) is 10.1 Å². The first-order chi connectivity index (χ1) is 8.47. The molecular weight excluding hydrogens is 346 g/mol. The Labute approximate surface area is 118 Å². The van der Waals surface area contributed by atoms with E-state index < -0.39 is 10.7 Å². The monoisotopic (exact) mass is 349 g/mol. The van der Waals surface area contributed by atoms with E-state index in [0.717, 1.165) is 8.47 Å². The van der Waals surface area contributed by atoms with Crippen molar-refractivity contribution in [2.45, 2.75) is 6.54 Å². The van der Waals surface area contributed by atoms with Gasteiger partial charge in [0.25, 0.3) is 0 Å². The summed E-state index contributed by atoms with van der Waals surface area (Å²) < 4.78 is 2.01. The highest BCUT2D eigenvalue weighted by Gasteiger charge is 2.21. The van der Waals surface area contributed by atoms with Crippen LogP contribution in [-0.4, -0.2) is 20.5 Å². The van der Waals surface area contributed by atoms with Gasteiger partial charge >= 0.3 is 5.82 Å². The van der Waals surface area contributed by atoms with Gasteiger partial charge in [-0.3, -0.25) is 4.79 Å². The summed E-state index contributed by atoms with van der Waals surface area (Å²) in [6.45, 7) is -0.0828. The average Bonchev–Trinajstić information content (AvgIpc) is 2.85. The zero-order chi connectivity index (χ0) is 13.3. The Bertz CT molecular complexity index is 624. The summed E-state index contributed by atoms with van der Waals surface area (Å²) in [5.41, 5.74) is 0. The molecule has 0 aliphatic carbocycles. The van der Waals surface area contributed by atoms with Crippen LogP contribution in [0.25, 0.3) is 0 Å². The lowest BCUT2D eigenvalue weighted by atomic mass is 10.3. The third-order valence-corrected chi connectivity index (χ3v) is 3.96. The van der Waals surface area contributed by atoms with Crippen molar-refractivity contribution in [1.29, 1.82) is 0 Å². The van der Waals surface area contributed by atoms with E-state index in [1.54, 1.807) is 12.1 Å². The number of hydrogen-bond donors (Lipinski definition) is 0. The van der Waals surface area contributed by atoms with Crippen molar-refractivity contribution in [3.8, 4) is 0 Å². The van der Waals surface area contributed by atoms with Crippen molar-refractivity contribution in [2.75, 3.05) is 0 Å². The summed E-state index contributed by atoms with van der Waals surface area (Å²) in [6, 6.07) is 3.44. The van der Waals surface area contributed by atoms with Gasteiger partial charge in [0.1, 0.15) is 6.54 Å². The second-order valence-electron chi connectivity index (χ2n) is 3.28. The van der Waals surface area contributed by atoms with E-state index in [0.29, 0.717) is 4.88 Å². The number of hydrogen-bond acceptors (Lipinski definition) is 5. The van der Waals surface area contributed by atoms with E-state index in [1.807, 2.05) is 0 Å². The van der Waals surface area contributed by atoms with Crippen molar-refractivity contribution >= 4 is 50.5 Å². The Kier molecular flexibility index (Phi) is 3.79. The summed E-state index contributed by atoms with van der Waals surface area (Å²) in [7, 11) is 0. The number of nitrogens with zero attached hydrogens (tertiary/aromatic N) is 3. The maximum absolute atomic E-state index is 11.8. The van der Waals surface area contributed by atoms with E-state index in [4.69, 9.17) is 11.6 Å². The number of halogens is 2. The smallest absolute Gasteiger partial charge is 0.358 e. The number of carbonyl (C=O) groups excluding carboxylic acids is 1. The molecule has 0 radical (unpaired) electrons. The maximum atomic E-state index is 11.8. The molecule has 0 fully saturated rings. The predicted octanol–water partition coefficient (Wildman–Crippen LogP) is 3.15. The molecule has 0 spiro atoms. The van der Waals surface area contributed by atoms with Gasteiger partial charge in [-0.15, -0.1) is 11.3 Å². The van der Waals surface area contributed by atoms with Crippen molar-refractivity contribution in [1.82, 2.24) is 9.78 Å². The van der Waals surface area contributed by atoms with Gasteiger partial charge in [-0.05, 0) is 33.0 Å². The fourth-order valence-corrected chi connectivity index (χ4v) is 2.82. The number of Topliss-reactive ketones (excluding diaryl/α,β-unsaturated/α-hetero) is 1. The van der Waals surface area contributed by atoms with Crippen LogP contribution in [0.15, 0.2) is 22.1 Å². The van der Waals surface area contributed by atoms with E-state index >= 15 is 0 Å². The molecule has 0 saturated heterocycles. The topological polar surface area (TPSA) is 78.0 Å². The van der Waals surface area contributed by atoms with Crippen molar-refractivity contribution < 1.29 is 9.72 Å². The number of thiophene rings is 1. The fourth-order valence-electron chi connectivity index (χ4n) is 1.28. The molecule has 0 saturated carbocycles. The van der Waals surface area contributed by atoms with Gasteiger partial charge in [0.05, 0.1) is 20.0 Å². The molecule has 6 nitrogen and oxygen atoms in total. The third-order valence-electron chi connectivity index (χ3n) is 2.03. The van der Waals surface area contributed by atoms with E-state index in [2.05, 4.69) is 21.0 Å². The Hall–Kier alpha value is -1.25. The first-order valence-corrected chi connectivity index (χ1v) is 6.62. The average molecular weight is 351 g/mol. The van der Waals surface area contributed by atoms with Gasteiger partial charge in [-0.2, -0.15) is 4.68 Å². The summed E-state index contributed by atoms with van der Waals surface area (Å²) in [5.74, 6) is -0.628. The minimum absolute atomic E-state index is 0.0828. The molecule has 2 heterocycles. The minimum atomic E-state index is -0.689. The quantitative estimate of drug-likeness (QED) is 0.482. The number of ketones is 1. The van der Waals surface area contributed by atoms with Crippen LogP contribution in [0.3, 0.4) is 0 Å². The van der Waals surface area contributed by atoms with E-state index in [9.17, 15) is 14.9 Å². The third kappa shape index (κ3) is 2.77. The van der Waals surface area contributed by atoms with Crippen LogP contribution in [0.4, 0.5) is 5.82 Å². The van der Waals surface area contributed by atoms with Crippen molar-refractivity contribution in [3.63, 3.8) is 0 Å². The van der Waals surface area contributed by atoms with Crippen LogP contribution in [0.1, 0.15) is 9.67 Å². The Morgan fingerprint density at radius 2 is 2.33 bits per heavy atom. The van der Waals surface area contributed by atoms with E-state index in [1.165, 1.54) is 17.5 Å². The van der Waals surface area contributed by atoms with Gasteiger partial charge in [0, 0.05) is 0 Å². The molecule has 2 rings (SSSR count). The maximum Gasteiger partial charge on any atom is 0.408 e. The van der Waals surface area contributed by atoms with Crippen LogP contribution in [0.5, 0.6) is 0 Å². The molecule has 0 aromatic carbocycles. The highest BCUT2D eigenvalue weighted by molar-refractivity contribution is 9.11. The zero-order valence-corrected chi connectivity index (χ0v) is 11.8. The van der Waals surface area contributed by atoms with Gasteiger partial charge in [-0.25, -0.2) is 0 Å². The molecule has 18 heavy (non-hydrogen) atoms. The van der Waals surface area contributed by atoms with Gasteiger partial charge < -0.3 is 10.1 Å². The summed E-state index contributed by atoms with van der Waals surface area (Å²) in [5, 5.41) is 14.1. The highest BCUT2D eigenvalue weighted by atomic mass is 79.9. The zero-order valence-electron chi connectivity index (χ0n) is 8.67. The number of rotatable bonds is 4. The summed E-state index contributed by atoms with van der Waals surface area (Å²) in [4.78, 5) is 22.2. The van der Waals surface area contributed by atoms with Crippen LogP contribution < -0.4 is 0 Å². The number of aromatic nitrogens is 2. The Morgan fingerprint density at radius 1 is 1.61 bits per heavy atom. The molecule has 9 heteroatoms. The molecular formula is C9H5BrClN3O3S. The van der Waals surface area contributed by atoms with Crippen LogP contribution in [-0.2, 0) is 6.54 Å². The van der Waals surface area contributed by atoms with Crippen LogP contribution in [0.2, 0.25) is 5.02 Å². The predicted molar refractivity (Wildman–Crippen MR) is 70.2 cm³/mol. The summed E-state index contributed by atoms with van der Waals surface area (Å²) >= 11 is 10.2. The first kappa shape index (κ1) is 13.2. The van der Waals surface area contributed by atoms with Crippen molar-refractivity contribution in [3.05, 3.63) is 42.1 Å².